The minimum Gasteiger partial charge on any atom is -0.337 e. The van der Waals surface area contributed by atoms with Gasteiger partial charge in [0.25, 0.3) is 0 Å². The summed E-state index contributed by atoms with van der Waals surface area (Å²) in [5, 5.41) is 3.62. The van der Waals surface area contributed by atoms with Crippen molar-refractivity contribution >= 4 is 5.91 Å². The summed E-state index contributed by atoms with van der Waals surface area (Å²) in [4.78, 5) is 14.9. The number of hydrogen-bond donors (Lipinski definition) is 1. The number of fused-ring (bicyclic) bond motifs is 1. The summed E-state index contributed by atoms with van der Waals surface area (Å²) in [6, 6.07) is 8.99. The number of carbonyl (C=O) groups excluding carboxylic acids is 1. The Kier molecular flexibility index (Phi) is 4.82. The Bertz CT molecular complexity index is 514. The molecule has 0 aromatic heterocycles. The van der Waals surface area contributed by atoms with Gasteiger partial charge in [-0.2, -0.15) is 0 Å². The van der Waals surface area contributed by atoms with Crippen molar-refractivity contribution in [2.45, 2.75) is 64.6 Å². The molecule has 22 heavy (non-hydrogen) atoms. The number of rotatable bonds is 4. The van der Waals surface area contributed by atoms with E-state index < -0.39 is 0 Å². The van der Waals surface area contributed by atoms with Gasteiger partial charge in [0.1, 0.15) is 0 Å². The molecule has 1 amide bonds. The molecular weight excluding hydrogens is 272 g/mol. The molecule has 1 aromatic carbocycles. The van der Waals surface area contributed by atoms with Crippen LogP contribution in [0, 0.1) is 12.8 Å². The Hall–Kier alpha value is -1.35. The summed E-state index contributed by atoms with van der Waals surface area (Å²) in [6.45, 7) is 5.71. The molecule has 2 fully saturated rings. The van der Waals surface area contributed by atoms with Gasteiger partial charge < -0.3 is 10.2 Å². The first-order chi connectivity index (χ1) is 10.7. The van der Waals surface area contributed by atoms with Gasteiger partial charge in [0.2, 0.25) is 5.91 Å². The van der Waals surface area contributed by atoms with E-state index >= 15 is 0 Å². The lowest BCUT2D eigenvalue weighted by Gasteiger charge is -2.26. The van der Waals surface area contributed by atoms with Crippen molar-refractivity contribution in [1.29, 1.82) is 0 Å². The zero-order chi connectivity index (χ0) is 15.5. The van der Waals surface area contributed by atoms with Crippen molar-refractivity contribution in [3.63, 3.8) is 0 Å². The fourth-order valence-corrected chi connectivity index (χ4v) is 4.07. The van der Waals surface area contributed by atoms with Gasteiger partial charge in [-0.15, -0.1) is 0 Å². The zero-order valence-corrected chi connectivity index (χ0v) is 13.8. The van der Waals surface area contributed by atoms with Gasteiger partial charge in [-0.3, -0.25) is 4.79 Å². The number of amides is 1. The number of nitrogens with zero attached hydrogens (tertiary/aromatic N) is 1. The molecule has 2 aliphatic rings. The minimum absolute atomic E-state index is 0.0390. The largest absolute Gasteiger partial charge is 0.337 e. The number of nitrogens with one attached hydrogen (secondary N) is 1. The van der Waals surface area contributed by atoms with E-state index in [1.807, 2.05) is 4.90 Å². The average molecular weight is 300 g/mol. The predicted octanol–water partition coefficient (Wildman–Crippen LogP) is 3.26. The van der Waals surface area contributed by atoms with Crippen LogP contribution < -0.4 is 5.32 Å². The first-order valence-electron chi connectivity index (χ1n) is 8.78. The second kappa shape index (κ2) is 6.82. The number of likely N-dealkylation sites (N-methyl/N-ethyl adjacent to an activating group) is 1. The van der Waals surface area contributed by atoms with Crippen LogP contribution in [0.2, 0.25) is 0 Å². The van der Waals surface area contributed by atoms with Crippen LogP contribution in [0.5, 0.6) is 0 Å². The van der Waals surface area contributed by atoms with Gasteiger partial charge in [-0.25, -0.2) is 0 Å². The molecule has 1 aromatic rings. The van der Waals surface area contributed by atoms with E-state index in [1.54, 1.807) is 0 Å². The van der Waals surface area contributed by atoms with Crippen molar-refractivity contribution in [2.75, 3.05) is 6.54 Å². The highest BCUT2D eigenvalue weighted by Crippen LogP contribution is 2.33. The zero-order valence-electron chi connectivity index (χ0n) is 13.8. The second-order valence-electron chi connectivity index (χ2n) is 6.88. The Morgan fingerprint density at radius 2 is 2.05 bits per heavy atom. The Morgan fingerprint density at radius 1 is 1.27 bits per heavy atom. The summed E-state index contributed by atoms with van der Waals surface area (Å²) >= 11 is 0. The van der Waals surface area contributed by atoms with Gasteiger partial charge in [0.15, 0.2) is 0 Å². The first kappa shape index (κ1) is 15.5. The maximum Gasteiger partial charge on any atom is 0.240 e. The van der Waals surface area contributed by atoms with Crippen molar-refractivity contribution in [2.24, 2.45) is 5.92 Å². The third-order valence-corrected chi connectivity index (χ3v) is 5.48. The third-order valence-electron chi connectivity index (χ3n) is 5.48. The maximum absolute atomic E-state index is 12.9. The molecule has 1 aliphatic carbocycles. The van der Waals surface area contributed by atoms with Crippen molar-refractivity contribution < 1.29 is 4.79 Å². The molecular formula is C19H28N2O. The lowest BCUT2D eigenvalue weighted by molar-refractivity contribution is -0.133. The molecule has 3 unspecified atom stereocenters. The van der Waals surface area contributed by atoms with Crippen LogP contribution in [0.4, 0.5) is 0 Å². The van der Waals surface area contributed by atoms with Gasteiger partial charge in [0, 0.05) is 19.1 Å². The van der Waals surface area contributed by atoms with Crippen molar-refractivity contribution in [1.82, 2.24) is 10.2 Å². The molecule has 1 saturated heterocycles. The van der Waals surface area contributed by atoms with Gasteiger partial charge in [0.05, 0.1) is 6.04 Å². The predicted molar refractivity (Wildman–Crippen MR) is 89.6 cm³/mol. The quantitative estimate of drug-likeness (QED) is 0.925. The Morgan fingerprint density at radius 3 is 2.77 bits per heavy atom. The second-order valence-corrected chi connectivity index (χ2v) is 6.88. The Balaban J connectivity index is 1.66. The third kappa shape index (κ3) is 3.19. The highest BCUT2D eigenvalue weighted by Gasteiger charge is 2.39. The standard InChI is InChI=1S/C19H28N2O/c1-3-21(13-16-10-5-4-8-14(16)2)19(22)18-12-15-9-6-7-11-17(15)20-18/h4-5,8,10,15,17-18,20H,3,6-7,9,11-13H2,1-2H3. The van der Waals surface area contributed by atoms with E-state index in [4.69, 9.17) is 0 Å². The molecule has 3 heteroatoms. The van der Waals surface area contributed by atoms with Crippen molar-refractivity contribution in [3.05, 3.63) is 35.4 Å². The van der Waals surface area contributed by atoms with Gasteiger partial charge in [-0.05, 0) is 50.2 Å². The first-order valence-corrected chi connectivity index (χ1v) is 8.78. The summed E-state index contributed by atoms with van der Waals surface area (Å²) in [5.41, 5.74) is 2.52. The molecule has 120 valence electrons. The topological polar surface area (TPSA) is 32.3 Å². The van der Waals surface area contributed by atoms with E-state index in [1.165, 1.54) is 36.8 Å². The molecule has 3 atom stereocenters. The van der Waals surface area contributed by atoms with E-state index in [2.05, 4.69) is 43.4 Å². The van der Waals surface area contributed by atoms with Crippen LogP contribution in [0.25, 0.3) is 0 Å². The fourth-order valence-electron chi connectivity index (χ4n) is 4.07. The van der Waals surface area contributed by atoms with E-state index in [9.17, 15) is 4.79 Å². The van der Waals surface area contributed by atoms with Crippen LogP contribution in [0.1, 0.15) is 50.2 Å². The molecule has 1 N–H and O–H groups in total. The lowest BCUT2D eigenvalue weighted by atomic mass is 9.85. The molecule has 1 heterocycles. The fraction of sp³-hybridized carbons (Fsp3) is 0.632. The Labute approximate surface area is 134 Å². The van der Waals surface area contributed by atoms with Crippen LogP contribution in [0.3, 0.4) is 0 Å². The highest BCUT2D eigenvalue weighted by atomic mass is 16.2. The number of benzene rings is 1. The highest BCUT2D eigenvalue weighted by molar-refractivity contribution is 5.82. The van der Waals surface area contributed by atoms with Crippen molar-refractivity contribution in [3.8, 4) is 0 Å². The molecule has 1 saturated carbocycles. The van der Waals surface area contributed by atoms with Gasteiger partial charge >= 0.3 is 0 Å². The summed E-state index contributed by atoms with van der Waals surface area (Å²) in [7, 11) is 0. The number of hydrogen-bond acceptors (Lipinski definition) is 2. The monoisotopic (exact) mass is 300 g/mol. The minimum atomic E-state index is 0.0390. The average Bonchev–Trinajstić information content (AvgIpc) is 2.97. The molecule has 3 rings (SSSR count). The summed E-state index contributed by atoms with van der Waals surface area (Å²) in [6.07, 6.45) is 6.23. The summed E-state index contributed by atoms with van der Waals surface area (Å²) in [5.74, 6) is 1.01. The molecule has 1 aliphatic heterocycles. The molecule has 0 radical (unpaired) electrons. The number of carbonyl (C=O) groups is 1. The van der Waals surface area contributed by atoms with E-state index in [-0.39, 0.29) is 6.04 Å². The lowest BCUT2D eigenvalue weighted by Crippen LogP contribution is -2.45. The van der Waals surface area contributed by atoms with Crippen LogP contribution in [0.15, 0.2) is 24.3 Å². The van der Waals surface area contributed by atoms with Crippen LogP contribution in [-0.4, -0.2) is 29.4 Å². The number of aryl methyl sites for hydroxylation is 1. The molecule has 0 spiro atoms. The van der Waals surface area contributed by atoms with Crippen LogP contribution in [-0.2, 0) is 11.3 Å². The van der Waals surface area contributed by atoms with E-state index in [0.717, 1.165) is 25.4 Å². The molecule has 0 bridgehead atoms. The summed E-state index contributed by atoms with van der Waals surface area (Å²) < 4.78 is 0. The maximum atomic E-state index is 12.9. The van der Waals surface area contributed by atoms with Crippen LogP contribution >= 0.6 is 0 Å². The van der Waals surface area contributed by atoms with Gasteiger partial charge in [-0.1, -0.05) is 37.1 Å². The van der Waals surface area contributed by atoms with E-state index in [0.29, 0.717) is 11.9 Å². The normalized spacial score (nSPS) is 27.5. The molecule has 3 nitrogen and oxygen atoms in total. The SMILES string of the molecule is CCN(Cc1ccccc1C)C(=O)C1CC2CCCCC2N1. The smallest absolute Gasteiger partial charge is 0.240 e.